The largest absolute Gasteiger partial charge is 0.394 e. The Labute approximate surface area is 196 Å². The summed E-state index contributed by atoms with van der Waals surface area (Å²) in [6, 6.07) is 6.66. The number of amides is 3. The molecule has 2 heterocycles. The van der Waals surface area contributed by atoms with Crippen molar-refractivity contribution in [2.45, 2.75) is 31.7 Å². The molecule has 180 valence electrons. The van der Waals surface area contributed by atoms with Crippen LogP contribution in [0.25, 0.3) is 5.69 Å². The number of aliphatic hydroxyl groups is 1. The number of piperazine rings is 1. The van der Waals surface area contributed by atoms with Crippen molar-refractivity contribution in [1.29, 1.82) is 0 Å². The van der Waals surface area contributed by atoms with Gasteiger partial charge in [0.2, 0.25) is 5.91 Å². The summed E-state index contributed by atoms with van der Waals surface area (Å²) in [5.41, 5.74) is 6.60. The fraction of sp³-hybridized carbons (Fsp3) is 0.435. The number of Topliss-reactive ketones (excluding diaryl/α,β-unsaturated/α-hetero) is 1. The van der Waals surface area contributed by atoms with Crippen molar-refractivity contribution in [3.63, 3.8) is 0 Å². The van der Waals surface area contributed by atoms with Crippen LogP contribution in [0.3, 0.4) is 0 Å². The van der Waals surface area contributed by atoms with E-state index in [1.807, 2.05) is 12.1 Å². The van der Waals surface area contributed by atoms with E-state index in [2.05, 4.69) is 10.3 Å². The third-order valence-corrected chi connectivity index (χ3v) is 6.24. The number of aliphatic hydroxyl groups excluding tert-OH is 1. The SMILES string of the molecule is CC(N)(CO)C(=O)N1CCN(C(=O)Nc2ccn(-c3ccc4c(c3)CCC(=O)C4)c(=O)n2)CC1. The molecule has 0 saturated carbocycles. The molecule has 1 saturated heterocycles. The van der Waals surface area contributed by atoms with Gasteiger partial charge in [-0.25, -0.2) is 9.59 Å². The molecule has 0 bridgehead atoms. The molecule has 1 aliphatic carbocycles. The summed E-state index contributed by atoms with van der Waals surface area (Å²) in [5.74, 6) is -0.0209. The lowest BCUT2D eigenvalue weighted by atomic mass is 9.90. The van der Waals surface area contributed by atoms with E-state index in [-0.39, 0.29) is 43.7 Å². The van der Waals surface area contributed by atoms with Crippen LogP contribution in [0.2, 0.25) is 0 Å². The minimum atomic E-state index is -1.35. The van der Waals surface area contributed by atoms with Gasteiger partial charge in [-0.15, -0.1) is 0 Å². The summed E-state index contributed by atoms with van der Waals surface area (Å²) in [4.78, 5) is 56.3. The molecule has 1 atom stereocenters. The number of ketones is 1. The molecule has 1 aromatic carbocycles. The van der Waals surface area contributed by atoms with Crippen molar-refractivity contribution < 1.29 is 19.5 Å². The molecule has 1 aliphatic heterocycles. The average Bonchev–Trinajstić information content (AvgIpc) is 2.83. The van der Waals surface area contributed by atoms with Crippen LogP contribution in [-0.4, -0.2) is 80.5 Å². The number of anilines is 1. The van der Waals surface area contributed by atoms with Crippen LogP contribution >= 0.6 is 0 Å². The summed E-state index contributed by atoms with van der Waals surface area (Å²) in [6.07, 6.45) is 3.13. The number of carbonyl (C=O) groups excluding carboxylic acids is 3. The first-order valence-corrected chi connectivity index (χ1v) is 11.2. The molecular formula is C23H28N6O5. The second-order valence-electron chi connectivity index (χ2n) is 8.92. The first-order valence-electron chi connectivity index (χ1n) is 11.2. The average molecular weight is 469 g/mol. The molecule has 0 radical (unpaired) electrons. The monoisotopic (exact) mass is 468 g/mol. The van der Waals surface area contributed by atoms with E-state index in [0.717, 1.165) is 11.1 Å². The van der Waals surface area contributed by atoms with E-state index in [1.165, 1.54) is 21.3 Å². The zero-order valence-corrected chi connectivity index (χ0v) is 19.0. The minimum Gasteiger partial charge on any atom is -0.394 e. The molecule has 0 spiro atoms. The summed E-state index contributed by atoms with van der Waals surface area (Å²) in [6.45, 7) is 2.15. The van der Waals surface area contributed by atoms with Crippen molar-refractivity contribution >= 4 is 23.5 Å². The molecule has 11 nitrogen and oxygen atoms in total. The Hall–Kier alpha value is -3.57. The highest BCUT2D eigenvalue weighted by Gasteiger charge is 2.34. The van der Waals surface area contributed by atoms with Gasteiger partial charge in [-0.1, -0.05) is 6.07 Å². The Morgan fingerprint density at radius 2 is 1.79 bits per heavy atom. The quantitative estimate of drug-likeness (QED) is 0.556. The number of nitrogens with two attached hydrogens (primary N) is 1. The van der Waals surface area contributed by atoms with Gasteiger partial charge in [0.25, 0.3) is 0 Å². The Bertz CT molecular complexity index is 1180. The van der Waals surface area contributed by atoms with E-state index < -0.39 is 23.9 Å². The van der Waals surface area contributed by atoms with Gasteiger partial charge in [0.05, 0.1) is 12.3 Å². The molecule has 3 amide bonds. The lowest BCUT2D eigenvalue weighted by molar-refractivity contribution is -0.139. The number of aryl methyl sites for hydroxylation is 1. The van der Waals surface area contributed by atoms with Crippen molar-refractivity contribution in [3.8, 4) is 5.69 Å². The molecule has 11 heteroatoms. The molecule has 2 aliphatic rings. The smallest absolute Gasteiger partial charge is 0.354 e. The maximum absolute atomic E-state index is 12.6. The minimum absolute atomic E-state index is 0.128. The number of carbonyl (C=O) groups is 3. The zero-order valence-electron chi connectivity index (χ0n) is 19.0. The Kier molecular flexibility index (Phi) is 6.49. The number of aromatic nitrogens is 2. The summed E-state index contributed by atoms with van der Waals surface area (Å²) in [5, 5.41) is 11.9. The molecule has 34 heavy (non-hydrogen) atoms. The molecule has 4 N–H and O–H groups in total. The lowest BCUT2D eigenvalue weighted by Crippen LogP contribution is -2.60. The Morgan fingerprint density at radius 1 is 1.09 bits per heavy atom. The number of nitrogens with one attached hydrogen (secondary N) is 1. The molecule has 1 unspecified atom stereocenters. The first-order chi connectivity index (χ1) is 16.2. The van der Waals surface area contributed by atoms with Crippen LogP contribution in [0.15, 0.2) is 35.3 Å². The fourth-order valence-electron chi connectivity index (χ4n) is 4.14. The van der Waals surface area contributed by atoms with Crippen molar-refractivity contribution in [2.24, 2.45) is 5.73 Å². The van der Waals surface area contributed by atoms with Crippen molar-refractivity contribution in [1.82, 2.24) is 19.4 Å². The van der Waals surface area contributed by atoms with E-state index in [1.54, 1.807) is 18.3 Å². The van der Waals surface area contributed by atoms with E-state index in [4.69, 9.17) is 5.73 Å². The normalized spacial score (nSPS) is 17.7. The van der Waals surface area contributed by atoms with Crippen LogP contribution in [0, 0.1) is 0 Å². The zero-order chi connectivity index (χ0) is 24.5. The van der Waals surface area contributed by atoms with Gasteiger partial charge < -0.3 is 20.6 Å². The Morgan fingerprint density at radius 3 is 2.47 bits per heavy atom. The maximum Gasteiger partial charge on any atom is 0.354 e. The molecular weight excluding hydrogens is 440 g/mol. The highest BCUT2D eigenvalue weighted by atomic mass is 16.3. The second kappa shape index (κ2) is 9.35. The standard InChI is InChI=1S/C23H28N6O5/c1-23(24,14-30)20(32)27-8-10-28(11-9-27)21(33)25-19-6-7-29(22(34)26-19)17-4-2-16-13-18(31)5-3-15(16)12-17/h2,4,6-7,12,30H,3,5,8-11,13-14,24H2,1H3,(H,25,26,33,34). The second-order valence-corrected chi connectivity index (χ2v) is 8.92. The van der Waals surface area contributed by atoms with Gasteiger partial charge in [-0.05, 0) is 42.7 Å². The summed E-state index contributed by atoms with van der Waals surface area (Å²) >= 11 is 0. The molecule has 1 fully saturated rings. The predicted octanol–water partition coefficient (Wildman–Crippen LogP) is -0.324. The highest BCUT2D eigenvalue weighted by molar-refractivity contribution is 5.89. The van der Waals surface area contributed by atoms with Gasteiger partial charge in [0.15, 0.2) is 0 Å². The van der Waals surface area contributed by atoms with Crippen LogP contribution in [-0.2, 0) is 22.4 Å². The third-order valence-electron chi connectivity index (χ3n) is 6.24. The van der Waals surface area contributed by atoms with E-state index in [0.29, 0.717) is 24.9 Å². The molecule has 2 aromatic rings. The number of benzene rings is 1. The topological polar surface area (TPSA) is 151 Å². The van der Waals surface area contributed by atoms with Gasteiger partial charge in [0.1, 0.15) is 17.1 Å². The number of nitrogens with zero attached hydrogens (tertiary/aromatic N) is 4. The number of urea groups is 1. The number of fused-ring (bicyclic) bond motifs is 1. The fourth-order valence-corrected chi connectivity index (χ4v) is 4.14. The first kappa shape index (κ1) is 23.6. The van der Waals surface area contributed by atoms with Crippen LogP contribution < -0.4 is 16.7 Å². The molecule has 1 aromatic heterocycles. The summed E-state index contributed by atoms with van der Waals surface area (Å²) < 4.78 is 1.39. The third kappa shape index (κ3) is 4.85. The van der Waals surface area contributed by atoms with Gasteiger partial charge in [-0.2, -0.15) is 4.98 Å². The van der Waals surface area contributed by atoms with E-state index in [9.17, 15) is 24.3 Å². The number of hydrogen-bond acceptors (Lipinski definition) is 7. The van der Waals surface area contributed by atoms with Crippen LogP contribution in [0.4, 0.5) is 10.6 Å². The van der Waals surface area contributed by atoms with Gasteiger partial charge in [-0.3, -0.25) is 19.5 Å². The van der Waals surface area contributed by atoms with Gasteiger partial charge in [0, 0.05) is 45.2 Å². The van der Waals surface area contributed by atoms with Crippen molar-refractivity contribution in [3.05, 3.63) is 52.1 Å². The number of rotatable bonds is 4. The number of hydrogen-bond donors (Lipinski definition) is 3. The molecule has 4 rings (SSSR count). The summed E-state index contributed by atoms with van der Waals surface area (Å²) in [7, 11) is 0. The van der Waals surface area contributed by atoms with Crippen LogP contribution in [0.1, 0.15) is 24.5 Å². The predicted molar refractivity (Wildman–Crippen MR) is 124 cm³/mol. The van der Waals surface area contributed by atoms with Crippen molar-refractivity contribution in [2.75, 3.05) is 38.1 Å². The van der Waals surface area contributed by atoms with E-state index >= 15 is 0 Å². The highest BCUT2D eigenvalue weighted by Crippen LogP contribution is 2.22. The maximum atomic E-state index is 12.6. The lowest BCUT2D eigenvalue weighted by Gasteiger charge is -2.37. The van der Waals surface area contributed by atoms with Gasteiger partial charge >= 0.3 is 11.7 Å². The Balaban J connectivity index is 1.39. The van der Waals surface area contributed by atoms with Crippen LogP contribution in [0.5, 0.6) is 0 Å².